The lowest BCUT2D eigenvalue weighted by atomic mass is 10.1. The average molecular weight is 283 g/mol. The zero-order valence-corrected chi connectivity index (χ0v) is 11.1. The molecule has 3 aromatic rings. The molecule has 0 spiro atoms. The smallest absolute Gasteiger partial charge is 0.354 e. The monoisotopic (exact) mass is 283 g/mol. The molecule has 0 aliphatic rings. The van der Waals surface area contributed by atoms with Gasteiger partial charge in [-0.2, -0.15) is 0 Å². The molecule has 2 aromatic heterocycles. The molecule has 0 bridgehead atoms. The first-order valence-electron chi connectivity index (χ1n) is 6.45. The summed E-state index contributed by atoms with van der Waals surface area (Å²) in [7, 11) is 0. The summed E-state index contributed by atoms with van der Waals surface area (Å²) < 4.78 is 1.69. The molecule has 2 N–H and O–H groups in total. The minimum atomic E-state index is -1.04. The molecule has 0 unspecified atom stereocenters. The molecule has 0 radical (unpaired) electrons. The van der Waals surface area contributed by atoms with Crippen molar-refractivity contribution in [2.75, 3.05) is 11.9 Å². The molecule has 0 saturated heterocycles. The van der Waals surface area contributed by atoms with Crippen LogP contribution < -0.4 is 5.32 Å². The van der Waals surface area contributed by atoms with Gasteiger partial charge in [0.05, 0.1) is 12.7 Å². The SMILES string of the molecule is O=C(O)c1cc2ccccc2c(NCCn2ccnn2)n1. The molecule has 0 amide bonds. The van der Waals surface area contributed by atoms with Crippen LogP contribution in [0.25, 0.3) is 10.8 Å². The summed E-state index contributed by atoms with van der Waals surface area (Å²) in [6.45, 7) is 1.19. The molecule has 0 saturated carbocycles. The maximum Gasteiger partial charge on any atom is 0.354 e. The van der Waals surface area contributed by atoms with Crippen molar-refractivity contribution in [2.45, 2.75) is 6.54 Å². The Morgan fingerprint density at radius 1 is 1.33 bits per heavy atom. The predicted molar refractivity (Wildman–Crippen MR) is 77.2 cm³/mol. The number of anilines is 1. The summed E-state index contributed by atoms with van der Waals surface area (Å²) in [5.74, 6) is -0.481. The fraction of sp³-hybridized carbons (Fsp3) is 0.143. The van der Waals surface area contributed by atoms with Gasteiger partial charge >= 0.3 is 5.97 Å². The lowest BCUT2D eigenvalue weighted by Crippen LogP contribution is -2.13. The van der Waals surface area contributed by atoms with Crippen LogP contribution in [-0.2, 0) is 6.54 Å². The molecular weight excluding hydrogens is 270 g/mol. The number of benzene rings is 1. The second-order valence-electron chi connectivity index (χ2n) is 4.48. The minimum Gasteiger partial charge on any atom is -0.477 e. The molecule has 1 aromatic carbocycles. The lowest BCUT2D eigenvalue weighted by molar-refractivity contribution is 0.0691. The topological polar surface area (TPSA) is 92.9 Å². The van der Waals surface area contributed by atoms with Crippen LogP contribution in [0.15, 0.2) is 42.7 Å². The van der Waals surface area contributed by atoms with Crippen LogP contribution in [0.3, 0.4) is 0 Å². The van der Waals surface area contributed by atoms with Crippen molar-refractivity contribution in [1.82, 2.24) is 20.0 Å². The van der Waals surface area contributed by atoms with Crippen molar-refractivity contribution in [3.8, 4) is 0 Å². The number of pyridine rings is 1. The van der Waals surface area contributed by atoms with Crippen molar-refractivity contribution in [2.24, 2.45) is 0 Å². The second kappa shape index (κ2) is 5.58. The number of carboxylic acid groups (broad SMARTS) is 1. The van der Waals surface area contributed by atoms with E-state index in [2.05, 4.69) is 20.6 Å². The molecule has 0 aliphatic heterocycles. The van der Waals surface area contributed by atoms with Gasteiger partial charge in [-0.15, -0.1) is 5.10 Å². The van der Waals surface area contributed by atoms with E-state index in [9.17, 15) is 4.79 Å². The quantitative estimate of drug-likeness (QED) is 0.739. The molecule has 0 atom stereocenters. The second-order valence-corrected chi connectivity index (χ2v) is 4.48. The Hall–Kier alpha value is -2.96. The summed E-state index contributed by atoms with van der Waals surface area (Å²) >= 11 is 0. The van der Waals surface area contributed by atoms with Crippen LogP contribution in [0, 0.1) is 0 Å². The number of aromatic nitrogens is 4. The van der Waals surface area contributed by atoms with E-state index >= 15 is 0 Å². The third-order valence-corrected chi connectivity index (χ3v) is 3.06. The van der Waals surface area contributed by atoms with E-state index in [0.717, 1.165) is 10.8 Å². The number of hydrogen-bond acceptors (Lipinski definition) is 5. The summed E-state index contributed by atoms with van der Waals surface area (Å²) in [6, 6.07) is 9.11. The van der Waals surface area contributed by atoms with Crippen molar-refractivity contribution < 1.29 is 9.90 Å². The van der Waals surface area contributed by atoms with E-state index in [1.807, 2.05) is 24.3 Å². The minimum absolute atomic E-state index is 0.0250. The predicted octanol–water partition coefficient (Wildman–Crippen LogP) is 1.64. The van der Waals surface area contributed by atoms with E-state index in [1.54, 1.807) is 23.1 Å². The molecule has 7 nitrogen and oxygen atoms in total. The molecule has 0 aliphatic carbocycles. The fourth-order valence-corrected chi connectivity index (χ4v) is 2.08. The van der Waals surface area contributed by atoms with Gasteiger partial charge in [-0.25, -0.2) is 9.78 Å². The number of rotatable bonds is 5. The van der Waals surface area contributed by atoms with E-state index in [4.69, 9.17) is 5.11 Å². The highest BCUT2D eigenvalue weighted by Gasteiger charge is 2.10. The highest BCUT2D eigenvalue weighted by Crippen LogP contribution is 2.22. The lowest BCUT2D eigenvalue weighted by Gasteiger charge is -2.10. The summed E-state index contributed by atoms with van der Waals surface area (Å²) in [5.41, 5.74) is 0.0250. The Balaban J connectivity index is 1.87. The Kier molecular flexibility index (Phi) is 3.46. The Bertz CT molecular complexity index is 770. The van der Waals surface area contributed by atoms with Crippen molar-refractivity contribution in [1.29, 1.82) is 0 Å². The van der Waals surface area contributed by atoms with Gasteiger partial charge < -0.3 is 10.4 Å². The summed E-state index contributed by atoms with van der Waals surface area (Å²) in [4.78, 5) is 15.3. The standard InChI is InChI=1S/C14H13N5O2/c20-14(21)12-9-10-3-1-2-4-11(10)13(17-12)15-5-7-19-8-6-16-18-19/h1-4,6,8-9H,5,7H2,(H,15,17)(H,20,21). The van der Waals surface area contributed by atoms with Crippen LogP contribution >= 0.6 is 0 Å². The molecule has 7 heteroatoms. The van der Waals surface area contributed by atoms with Gasteiger partial charge in [-0.3, -0.25) is 4.68 Å². The Morgan fingerprint density at radius 3 is 2.95 bits per heavy atom. The third kappa shape index (κ3) is 2.81. The van der Waals surface area contributed by atoms with Crippen molar-refractivity contribution in [3.05, 3.63) is 48.4 Å². The molecule has 2 heterocycles. The third-order valence-electron chi connectivity index (χ3n) is 3.06. The molecular formula is C14H13N5O2. The highest BCUT2D eigenvalue weighted by molar-refractivity contribution is 5.97. The summed E-state index contributed by atoms with van der Waals surface area (Å²) in [6.07, 6.45) is 3.37. The number of carbonyl (C=O) groups is 1. The normalized spacial score (nSPS) is 10.7. The number of nitrogens with zero attached hydrogens (tertiary/aromatic N) is 4. The van der Waals surface area contributed by atoms with Crippen LogP contribution in [0.5, 0.6) is 0 Å². The summed E-state index contributed by atoms with van der Waals surface area (Å²) in [5, 5.41) is 21.6. The van der Waals surface area contributed by atoms with Gasteiger partial charge in [0, 0.05) is 18.1 Å². The van der Waals surface area contributed by atoms with Crippen molar-refractivity contribution in [3.63, 3.8) is 0 Å². The Labute approximate surface area is 120 Å². The van der Waals surface area contributed by atoms with Crippen LogP contribution in [0.4, 0.5) is 5.82 Å². The number of aromatic carboxylic acids is 1. The van der Waals surface area contributed by atoms with Gasteiger partial charge in [0.1, 0.15) is 5.82 Å². The molecule has 106 valence electrons. The van der Waals surface area contributed by atoms with E-state index in [0.29, 0.717) is 18.9 Å². The fourth-order valence-electron chi connectivity index (χ4n) is 2.08. The van der Waals surface area contributed by atoms with Crippen LogP contribution in [0.2, 0.25) is 0 Å². The number of carboxylic acids is 1. The molecule has 0 fully saturated rings. The first-order chi connectivity index (χ1) is 10.2. The largest absolute Gasteiger partial charge is 0.477 e. The highest BCUT2D eigenvalue weighted by atomic mass is 16.4. The average Bonchev–Trinajstić information content (AvgIpc) is 3.00. The van der Waals surface area contributed by atoms with Crippen molar-refractivity contribution >= 4 is 22.6 Å². The molecule has 3 rings (SSSR count). The van der Waals surface area contributed by atoms with E-state index in [1.165, 1.54) is 0 Å². The molecule has 21 heavy (non-hydrogen) atoms. The van der Waals surface area contributed by atoms with Crippen LogP contribution in [0.1, 0.15) is 10.5 Å². The van der Waals surface area contributed by atoms with Gasteiger partial charge in [0.2, 0.25) is 0 Å². The first-order valence-corrected chi connectivity index (χ1v) is 6.45. The zero-order valence-electron chi connectivity index (χ0n) is 11.1. The van der Waals surface area contributed by atoms with Gasteiger partial charge in [-0.05, 0) is 11.5 Å². The number of nitrogens with one attached hydrogen (secondary N) is 1. The Morgan fingerprint density at radius 2 is 2.19 bits per heavy atom. The van der Waals surface area contributed by atoms with E-state index in [-0.39, 0.29) is 5.69 Å². The maximum absolute atomic E-state index is 11.1. The maximum atomic E-state index is 11.1. The van der Waals surface area contributed by atoms with E-state index < -0.39 is 5.97 Å². The van der Waals surface area contributed by atoms with Crippen LogP contribution in [-0.4, -0.2) is 37.6 Å². The van der Waals surface area contributed by atoms with Gasteiger partial charge in [0.25, 0.3) is 0 Å². The van der Waals surface area contributed by atoms with Gasteiger partial charge in [-0.1, -0.05) is 29.5 Å². The van der Waals surface area contributed by atoms with Gasteiger partial charge in [0.15, 0.2) is 5.69 Å². The first kappa shape index (κ1) is 13.0. The number of hydrogen-bond donors (Lipinski definition) is 2. The zero-order chi connectivity index (χ0) is 14.7. The number of fused-ring (bicyclic) bond motifs is 1.